The predicted octanol–water partition coefficient (Wildman–Crippen LogP) is 3.15. The molecule has 0 aliphatic carbocycles. The molecule has 0 amide bonds. The van der Waals surface area contributed by atoms with Gasteiger partial charge in [0.05, 0.1) is 28.6 Å². The highest BCUT2D eigenvalue weighted by Crippen LogP contribution is 2.18. The van der Waals surface area contributed by atoms with Gasteiger partial charge in [-0.2, -0.15) is 8.42 Å². The van der Waals surface area contributed by atoms with Crippen molar-refractivity contribution in [2.24, 2.45) is 0 Å². The number of carbonyl (C=O) groups is 1. The number of benzene rings is 2. The van der Waals surface area contributed by atoms with Crippen LogP contribution >= 0.6 is 0 Å². The molecule has 2 heterocycles. The normalized spacial score (nSPS) is 12.1. The van der Waals surface area contributed by atoms with E-state index in [1.54, 1.807) is 31.4 Å². The molecule has 10 nitrogen and oxygen atoms in total. The number of aliphatic carboxylic acids is 1. The molecule has 0 aliphatic heterocycles. The molecule has 2 aromatic carbocycles. The second-order valence-electron chi connectivity index (χ2n) is 7.47. The van der Waals surface area contributed by atoms with Crippen LogP contribution in [0.2, 0.25) is 0 Å². The lowest BCUT2D eigenvalue weighted by Crippen LogP contribution is -2.27. The van der Waals surface area contributed by atoms with Crippen LogP contribution in [0.25, 0.3) is 21.7 Å². The smallest absolute Gasteiger partial charge is 0.326 e. The van der Waals surface area contributed by atoms with Gasteiger partial charge in [-0.15, -0.1) is 0 Å². The topological polar surface area (TPSA) is 145 Å². The highest BCUT2D eigenvalue weighted by Gasteiger charge is 2.16. The lowest BCUT2D eigenvalue weighted by Gasteiger charge is -2.11. The number of methoxy groups -OCH3 is 1. The lowest BCUT2D eigenvalue weighted by atomic mass is 10.1. The van der Waals surface area contributed by atoms with Crippen molar-refractivity contribution in [2.45, 2.75) is 17.9 Å². The van der Waals surface area contributed by atoms with E-state index in [4.69, 9.17) is 19.1 Å². The van der Waals surface area contributed by atoms with E-state index < -0.39 is 27.7 Å². The number of aromatic nitrogens is 2. The van der Waals surface area contributed by atoms with E-state index in [-0.39, 0.29) is 4.90 Å². The molecule has 1 atom stereocenters. The first-order valence-electron chi connectivity index (χ1n) is 10.4. The maximum absolute atomic E-state index is 12.3. The number of carboxylic acid groups (broad SMARTS) is 1. The zero-order valence-electron chi connectivity index (χ0n) is 19.0. The Morgan fingerprint density at radius 1 is 1.09 bits per heavy atom. The number of rotatable bonds is 7. The molecular weight excluding hydrogens is 476 g/mol. The molecule has 35 heavy (non-hydrogen) atoms. The summed E-state index contributed by atoms with van der Waals surface area (Å²) in [5, 5.41) is 11.1. The number of pyridine rings is 2. The first-order valence-corrected chi connectivity index (χ1v) is 11.9. The summed E-state index contributed by atoms with van der Waals surface area (Å²) >= 11 is 0. The molecule has 0 unspecified atom stereocenters. The van der Waals surface area contributed by atoms with Gasteiger partial charge in [-0.3, -0.25) is 14.3 Å². The number of carboxylic acids is 1. The van der Waals surface area contributed by atoms with Gasteiger partial charge in [-0.05, 0) is 42.0 Å². The second-order valence-corrected chi connectivity index (χ2v) is 8.89. The molecule has 4 rings (SSSR count). The average Bonchev–Trinajstić information content (AvgIpc) is 2.84. The van der Waals surface area contributed by atoms with Crippen molar-refractivity contribution in [3.05, 3.63) is 77.3 Å². The van der Waals surface area contributed by atoms with Gasteiger partial charge in [0.25, 0.3) is 15.7 Å². The molecule has 0 radical (unpaired) electrons. The first kappa shape index (κ1) is 25.8. The Balaban J connectivity index is 0.000000211. The predicted molar refractivity (Wildman–Crippen MR) is 129 cm³/mol. The molecule has 0 spiro atoms. The van der Waals surface area contributed by atoms with Gasteiger partial charge < -0.3 is 19.1 Å². The molecule has 0 saturated carbocycles. The van der Waals surface area contributed by atoms with Crippen molar-refractivity contribution in [2.75, 3.05) is 20.3 Å². The monoisotopic (exact) mass is 500 g/mol. The van der Waals surface area contributed by atoms with Crippen molar-refractivity contribution >= 4 is 37.8 Å². The Hall–Kier alpha value is -3.80. The number of nitrogens with zero attached hydrogens (tertiary/aromatic N) is 2. The summed E-state index contributed by atoms with van der Waals surface area (Å²) in [4.78, 5) is 27.4. The van der Waals surface area contributed by atoms with Crippen LogP contribution in [0.5, 0.6) is 5.75 Å². The molecule has 0 saturated heterocycles. The molecule has 2 N–H and O–H groups in total. The van der Waals surface area contributed by atoms with Crippen molar-refractivity contribution in [1.82, 2.24) is 9.55 Å². The lowest BCUT2D eigenvalue weighted by molar-refractivity contribution is -0.140. The fraction of sp³-hybridized carbons (Fsp3) is 0.208. The van der Waals surface area contributed by atoms with Crippen LogP contribution in [0, 0.1) is 0 Å². The molecule has 184 valence electrons. The van der Waals surface area contributed by atoms with Crippen molar-refractivity contribution in [3.63, 3.8) is 0 Å². The molecular formula is C24H24N2O8S. The second kappa shape index (κ2) is 11.1. The SMILES string of the molecule is COCCOc1cnc2ccn([C@H](C)C(=O)O)c(=O)c2c1.O=S(=O)(O)c1ccc2ccccc2c1. The molecule has 0 fully saturated rings. The third kappa shape index (κ3) is 6.41. The van der Waals surface area contributed by atoms with E-state index in [1.807, 2.05) is 18.2 Å². The molecule has 2 aromatic heterocycles. The van der Waals surface area contributed by atoms with Crippen molar-refractivity contribution in [3.8, 4) is 5.75 Å². The number of hydrogen-bond donors (Lipinski definition) is 2. The fourth-order valence-corrected chi connectivity index (χ4v) is 3.71. The fourth-order valence-electron chi connectivity index (χ4n) is 3.19. The summed E-state index contributed by atoms with van der Waals surface area (Å²) in [6.45, 7) is 2.21. The van der Waals surface area contributed by atoms with Crippen molar-refractivity contribution in [1.29, 1.82) is 0 Å². The first-order chi connectivity index (χ1) is 16.6. The van der Waals surface area contributed by atoms with E-state index in [0.717, 1.165) is 15.3 Å². The van der Waals surface area contributed by atoms with E-state index in [1.165, 1.54) is 31.5 Å². The third-order valence-corrected chi connectivity index (χ3v) is 5.95. The standard InChI is InChI=1S/C14H16N2O5.C10H8O3S/c1-9(14(18)19)16-4-3-12-11(13(16)17)7-10(8-15-12)21-6-5-20-2;11-14(12,13)10-6-5-8-3-1-2-4-9(8)7-10/h3-4,7-9H,5-6H2,1-2H3,(H,18,19);1-7H,(H,11,12,13)/t9-;/m1./s1. The largest absolute Gasteiger partial charge is 0.490 e. The van der Waals surface area contributed by atoms with Crippen LogP contribution in [0.1, 0.15) is 13.0 Å². The van der Waals surface area contributed by atoms with Gasteiger partial charge in [0, 0.05) is 13.3 Å². The van der Waals surface area contributed by atoms with Gasteiger partial charge in [-0.25, -0.2) is 4.79 Å². The zero-order valence-corrected chi connectivity index (χ0v) is 19.8. The minimum absolute atomic E-state index is 0.0730. The van der Waals surface area contributed by atoms with Gasteiger partial charge in [0.1, 0.15) is 18.4 Å². The van der Waals surface area contributed by atoms with Crippen LogP contribution in [0.3, 0.4) is 0 Å². The summed E-state index contributed by atoms with van der Waals surface area (Å²) in [7, 11) is -2.53. The van der Waals surface area contributed by atoms with Gasteiger partial charge in [0.15, 0.2) is 0 Å². The Bertz CT molecular complexity index is 1520. The van der Waals surface area contributed by atoms with Crippen LogP contribution in [-0.4, -0.2) is 53.9 Å². The van der Waals surface area contributed by atoms with Crippen LogP contribution < -0.4 is 10.3 Å². The molecule has 4 aromatic rings. The molecule has 11 heteroatoms. The average molecular weight is 501 g/mol. The highest BCUT2D eigenvalue weighted by molar-refractivity contribution is 7.85. The van der Waals surface area contributed by atoms with Crippen LogP contribution in [-0.2, 0) is 19.6 Å². The van der Waals surface area contributed by atoms with Crippen molar-refractivity contribution < 1.29 is 32.3 Å². The van der Waals surface area contributed by atoms with E-state index in [9.17, 15) is 18.0 Å². The van der Waals surface area contributed by atoms with Gasteiger partial charge >= 0.3 is 5.97 Å². The minimum atomic E-state index is -4.09. The van der Waals surface area contributed by atoms with Gasteiger partial charge in [0.2, 0.25) is 0 Å². The molecule has 0 bridgehead atoms. The number of hydrogen-bond acceptors (Lipinski definition) is 7. The molecule has 0 aliphatic rings. The Morgan fingerprint density at radius 3 is 2.46 bits per heavy atom. The third-order valence-electron chi connectivity index (χ3n) is 5.10. The number of ether oxygens (including phenoxy) is 2. The highest BCUT2D eigenvalue weighted by atomic mass is 32.2. The quantitative estimate of drug-likeness (QED) is 0.289. The summed E-state index contributed by atoms with van der Waals surface area (Å²) in [6, 6.07) is 14.1. The maximum atomic E-state index is 12.3. The van der Waals surface area contributed by atoms with E-state index in [2.05, 4.69) is 4.98 Å². The summed E-state index contributed by atoms with van der Waals surface area (Å²) in [5.74, 6) is -0.630. The Labute approximate surface area is 201 Å². The Morgan fingerprint density at radius 2 is 1.80 bits per heavy atom. The summed E-state index contributed by atoms with van der Waals surface area (Å²) in [6.07, 6.45) is 2.95. The van der Waals surface area contributed by atoms with E-state index in [0.29, 0.717) is 29.9 Å². The summed E-state index contributed by atoms with van der Waals surface area (Å²) in [5.41, 5.74) is 0.0834. The Kier molecular flexibility index (Phi) is 8.18. The minimum Gasteiger partial charge on any atom is -0.490 e. The summed E-state index contributed by atoms with van der Waals surface area (Å²) < 4.78 is 41.9. The maximum Gasteiger partial charge on any atom is 0.326 e. The van der Waals surface area contributed by atoms with Crippen LogP contribution in [0.4, 0.5) is 0 Å². The van der Waals surface area contributed by atoms with Crippen LogP contribution in [0.15, 0.2) is 76.7 Å². The zero-order chi connectivity index (χ0) is 25.6. The number of fused-ring (bicyclic) bond motifs is 2. The van der Waals surface area contributed by atoms with Gasteiger partial charge in [-0.1, -0.05) is 30.3 Å². The van der Waals surface area contributed by atoms with E-state index >= 15 is 0 Å².